The van der Waals surface area contributed by atoms with Gasteiger partial charge in [-0.25, -0.2) is 4.79 Å². The predicted molar refractivity (Wildman–Crippen MR) is 139 cm³/mol. The van der Waals surface area contributed by atoms with E-state index in [4.69, 9.17) is 0 Å². The SMILES string of the molecule is CN=C(NCCCN1CCCCC1C)NCc1cccc(NC(=O)N2CCCC2)c1.I. The highest BCUT2D eigenvalue weighted by Crippen LogP contribution is 2.16. The number of carbonyl (C=O) groups excluding carboxylic acids is 1. The normalized spacial score (nSPS) is 19.6. The minimum absolute atomic E-state index is 0. The van der Waals surface area contributed by atoms with Gasteiger partial charge in [0.1, 0.15) is 0 Å². The molecule has 31 heavy (non-hydrogen) atoms. The molecule has 0 aromatic heterocycles. The van der Waals surface area contributed by atoms with Crippen LogP contribution in [0.2, 0.25) is 0 Å². The molecule has 0 spiro atoms. The number of anilines is 1. The summed E-state index contributed by atoms with van der Waals surface area (Å²) in [5.41, 5.74) is 1.95. The summed E-state index contributed by atoms with van der Waals surface area (Å²) in [5, 5.41) is 9.80. The van der Waals surface area contributed by atoms with E-state index in [-0.39, 0.29) is 30.0 Å². The van der Waals surface area contributed by atoms with Crippen LogP contribution in [0.5, 0.6) is 0 Å². The maximum atomic E-state index is 12.3. The zero-order chi connectivity index (χ0) is 21.2. The molecule has 2 saturated heterocycles. The quantitative estimate of drug-likeness (QED) is 0.212. The molecule has 7 nitrogen and oxygen atoms in total. The van der Waals surface area contributed by atoms with E-state index in [1.807, 2.05) is 23.1 Å². The highest BCUT2D eigenvalue weighted by atomic mass is 127. The smallest absolute Gasteiger partial charge is 0.321 e. The van der Waals surface area contributed by atoms with Gasteiger partial charge in [0.2, 0.25) is 0 Å². The molecule has 8 heteroatoms. The molecule has 3 N–H and O–H groups in total. The number of aliphatic imine (C=N–C) groups is 1. The van der Waals surface area contributed by atoms with E-state index in [0.29, 0.717) is 6.54 Å². The molecular weight excluding hydrogens is 503 g/mol. The molecule has 0 radical (unpaired) electrons. The van der Waals surface area contributed by atoms with Crippen LogP contribution in [0.4, 0.5) is 10.5 Å². The number of rotatable bonds is 7. The van der Waals surface area contributed by atoms with Crippen LogP contribution in [0.1, 0.15) is 51.0 Å². The number of piperidine rings is 1. The Morgan fingerprint density at radius 2 is 1.90 bits per heavy atom. The highest BCUT2D eigenvalue weighted by Gasteiger charge is 2.18. The molecule has 1 aromatic rings. The molecule has 0 bridgehead atoms. The second-order valence-electron chi connectivity index (χ2n) is 8.41. The van der Waals surface area contributed by atoms with Crippen molar-refractivity contribution in [3.63, 3.8) is 0 Å². The van der Waals surface area contributed by atoms with E-state index in [1.54, 1.807) is 7.05 Å². The number of nitrogens with one attached hydrogen (secondary N) is 3. The van der Waals surface area contributed by atoms with Gasteiger partial charge < -0.3 is 25.8 Å². The lowest BCUT2D eigenvalue weighted by Crippen LogP contribution is -2.41. The van der Waals surface area contributed by atoms with Crippen molar-refractivity contribution in [2.75, 3.05) is 45.1 Å². The average molecular weight is 543 g/mol. The van der Waals surface area contributed by atoms with E-state index < -0.39 is 0 Å². The topological polar surface area (TPSA) is 72.0 Å². The van der Waals surface area contributed by atoms with Crippen molar-refractivity contribution in [3.8, 4) is 0 Å². The van der Waals surface area contributed by atoms with Gasteiger partial charge >= 0.3 is 6.03 Å². The Balaban J connectivity index is 0.00000341. The largest absolute Gasteiger partial charge is 0.356 e. The van der Waals surface area contributed by atoms with Crippen LogP contribution in [-0.4, -0.2) is 67.6 Å². The van der Waals surface area contributed by atoms with Gasteiger partial charge in [0.05, 0.1) is 0 Å². The number of halogens is 1. The summed E-state index contributed by atoms with van der Waals surface area (Å²) in [6.07, 6.45) is 7.34. The van der Waals surface area contributed by atoms with Crippen molar-refractivity contribution in [3.05, 3.63) is 29.8 Å². The van der Waals surface area contributed by atoms with Gasteiger partial charge in [-0.15, -0.1) is 24.0 Å². The third kappa shape index (κ3) is 8.48. The van der Waals surface area contributed by atoms with Crippen molar-refractivity contribution in [2.45, 2.75) is 58.0 Å². The zero-order valence-corrected chi connectivity index (χ0v) is 21.4. The molecule has 1 unspecified atom stereocenters. The molecule has 2 aliphatic heterocycles. The first-order valence-electron chi connectivity index (χ1n) is 11.5. The lowest BCUT2D eigenvalue weighted by atomic mass is 10.0. The number of hydrogen-bond donors (Lipinski definition) is 3. The lowest BCUT2D eigenvalue weighted by molar-refractivity contribution is 0.159. The van der Waals surface area contributed by atoms with Crippen LogP contribution in [0, 0.1) is 0 Å². The summed E-state index contributed by atoms with van der Waals surface area (Å²) < 4.78 is 0. The van der Waals surface area contributed by atoms with E-state index in [1.165, 1.54) is 25.8 Å². The molecule has 0 aliphatic carbocycles. The molecule has 2 amide bonds. The number of nitrogens with zero attached hydrogens (tertiary/aromatic N) is 3. The number of guanidine groups is 1. The van der Waals surface area contributed by atoms with Crippen molar-refractivity contribution >= 4 is 41.7 Å². The second-order valence-corrected chi connectivity index (χ2v) is 8.41. The molecule has 0 saturated carbocycles. The number of hydrogen-bond acceptors (Lipinski definition) is 3. The van der Waals surface area contributed by atoms with Gasteiger partial charge in [-0.1, -0.05) is 18.6 Å². The molecule has 1 atom stereocenters. The highest BCUT2D eigenvalue weighted by molar-refractivity contribution is 14.0. The Hall–Kier alpha value is -1.55. The van der Waals surface area contributed by atoms with E-state index >= 15 is 0 Å². The minimum atomic E-state index is -0.00175. The predicted octanol–water partition coefficient (Wildman–Crippen LogP) is 3.86. The van der Waals surface area contributed by atoms with Crippen molar-refractivity contribution in [1.82, 2.24) is 20.4 Å². The Labute approximate surface area is 204 Å². The van der Waals surface area contributed by atoms with Gasteiger partial charge in [-0.3, -0.25) is 4.99 Å². The minimum Gasteiger partial charge on any atom is -0.356 e. The maximum Gasteiger partial charge on any atom is 0.321 e. The third-order valence-corrected chi connectivity index (χ3v) is 6.11. The van der Waals surface area contributed by atoms with Crippen LogP contribution < -0.4 is 16.0 Å². The lowest BCUT2D eigenvalue weighted by Gasteiger charge is -2.33. The average Bonchev–Trinajstić information content (AvgIpc) is 3.30. The number of benzene rings is 1. The Kier molecular flexibility index (Phi) is 11.4. The first-order valence-corrected chi connectivity index (χ1v) is 11.5. The van der Waals surface area contributed by atoms with Crippen LogP contribution in [0.15, 0.2) is 29.3 Å². The van der Waals surface area contributed by atoms with Crippen molar-refractivity contribution in [2.24, 2.45) is 4.99 Å². The first kappa shape index (κ1) is 25.7. The fourth-order valence-corrected chi connectivity index (χ4v) is 4.27. The Morgan fingerprint density at radius 3 is 2.65 bits per heavy atom. The molecule has 2 aliphatic rings. The van der Waals surface area contributed by atoms with Crippen LogP contribution >= 0.6 is 24.0 Å². The van der Waals surface area contributed by atoms with E-state index in [2.05, 4.69) is 38.8 Å². The number of urea groups is 1. The molecule has 174 valence electrons. The van der Waals surface area contributed by atoms with Crippen LogP contribution in [0.25, 0.3) is 0 Å². The number of amides is 2. The van der Waals surface area contributed by atoms with Gasteiger partial charge in [0.15, 0.2) is 5.96 Å². The number of carbonyl (C=O) groups is 1. The van der Waals surface area contributed by atoms with Crippen molar-refractivity contribution in [1.29, 1.82) is 0 Å². The molecule has 2 heterocycles. The molecule has 3 rings (SSSR count). The summed E-state index contributed by atoms with van der Waals surface area (Å²) in [6, 6.07) is 8.71. The number of likely N-dealkylation sites (tertiary alicyclic amines) is 2. The standard InChI is InChI=1S/C23H38N6O.HI/c1-19-9-3-4-13-28(19)16-8-12-25-22(24-2)26-18-20-10-7-11-21(17-20)27-23(30)29-14-5-6-15-29;/h7,10-11,17,19H,3-6,8-9,12-16,18H2,1-2H3,(H,27,30)(H2,24,25,26);1H. The summed E-state index contributed by atoms with van der Waals surface area (Å²) in [6.45, 7) is 8.00. The van der Waals surface area contributed by atoms with Crippen LogP contribution in [-0.2, 0) is 6.54 Å². The van der Waals surface area contributed by atoms with E-state index in [9.17, 15) is 4.79 Å². The third-order valence-electron chi connectivity index (χ3n) is 6.11. The van der Waals surface area contributed by atoms with Gasteiger partial charge in [-0.05, 0) is 63.3 Å². The van der Waals surface area contributed by atoms with Crippen LogP contribution in [0.3, 0.4) is 0 Å². The molecule has 1 aromatic carbocycles. The second kappa shape index (κ2) is 13.8. The van der Waals surface area contributed by atoms with Gasteiger partial charge in [0, 0.05) is 51.5 Å². The molecular formula is C23H39IN6O. The fraction of sp³-hybridized carbons (Fsp3) is 0.652. The monoisotopic (exact) mass is 542 g/mol. The summed E-state index contributed by atoms with van der Waals surface area (Å²) in [4.78, 5) is 21.1. The fourth-order valence-electron chi connectivity index (χ4n) is 4.27. The zero-order valence-electron chi connectivity index (χ0n) is 19.0. The summed E-state index contributed by atoms with van der Waals surface area (Å²) >= 11 is 0. The van der Waals surface area contributed by atoms with Crippen molar-refractivity contribution < 1.29 is 4.79 Å². The first-order chi connectivity index (χ1) is 14.7. The summed E-state index contributed by atoms with van der Waals surface area (Å²) in [7, 11) is 1.80. The van der Waals surface area contributed by atoms with Gasteiger partial charge in [0.25, 0.3) is 0 Å². The van der Waals surface area contributed by atoms with Gasteiger partial charge in [-0.2, -0.15) is 0 Å². The maximum absolute atomic E-state index is 12.3. The molecule has 2 fully saturated rings. The Morgan fingerprint density at radius 1 is 1.13 bits per heavy atom. The summed E-state index contributed by atoms with van der Waals surface area (Å²) in [5.74, 6) is 0.813. The van der Waals surface area contributed by atoms with E-state index in [0.717, 1.165) is 68.7 Å². The Bertz CT molecular complexity index is 707.